The molecule has 4 rings (SSSR count). The lowest BCUT2D eigenvalue weighted by Crippen LogP contribution is -1.90. The monoisotopic (exact) mass is 402 g/mol. The van der Waals surface area contributed by atoms with E-state index in [1.165, 1.54) is 20.5 Å². The molecule has 0 saturated heterocycles. The maximum absolute atomic E-state index is 5.62. The van der Waals surface area contributed by atoms with Crippen molar-refractivity contribution in [3.8, 4) is 27.7 Å². The van der Waals surface area contributed by atoms with Gasteiger partial charge in [-0.15, -0.1) is 11.3 Å². The van der Waals surface area contributed by atoms with Crippen molar-refractivity contribution in [1.82, 2.24) is 0 Å². The van der Waals surface area contributed by atoms with Gasteiger partial charge in [0.15, 0.2) is 11.5 Å². The first-order valence-corrected chi connectivity index (χ1v) is 10.1. The van der Waals surface area contributed by atoms with E-state index in [-0.39, 0.29) is 0 Å². The van der Waals surface area contributed by atoms with Crippen LogP contribution >= 0.6 is 11.3 Å². The van der Waals surface area contributed by atoms with Gasteiger partial charge in [-0.3, -0.25) is 0 Å². The molecule has 0 fully saturated rings. The molecule has 0 N–H and O–H groups in total. The molecule has 3 nitrogen and oxygen atoms in total. The van der Waals surface area contributed by atoms with Gasteiger partial charge in [0.1, 0.15) is 5.75 Å². The minimum absolute atomic E-state index is 0.717. The fourth-order valence-electron chi connectivity index (χ4n) is 3.40. The Morgan fingerprint density at radius 2 is 1.41 bits per heavy atom. The Morgan fingerprint density at radius 1 is 0.690 bits per heavy atom. The van der Waals surface area contributed by atoms with Crippen molar-refractivity contribution < 1.29 is 14.2 Å². The number of ether oxygens (including phenoxy) is 3. The number of hydrogen-bond donors (Lipinski definition) is 0. The highest BCUT2D eigenvalue weighted by molar-refractivity contribution is 7.22. The molecule has 0 aliphatic carbocycles. The van der Waals surface area contributed by atoms with E-state index in [0.29, 0.717) is 0 Å². The number of hydrogen-bond acceptors (Lipinski definition) is 4. The molecule has 3 aromatic carbocycles. The van der Waals surface area contributed by atoms with Gasteiger partial charge < -0.3 is 14.2 Å². The number of thiophene rings is 1. The second-order valence-electron chi connectivity index (χ2n) is 6.49. The van der Waals surface area contributed by atoms with Crippen molar-refractivity contribution in [3.63, 3.8) is 0 Å². The molecule has 0 unspecified atom stereocenters. The second-order valence-corrected chi connectivity index (χ2v) is 7.54. The normalized spacial score (nSPS) is 11.1. The van der Waals surface area contributed by atoms with Crippen LogP contribution in [0.1, 0.15) is 11.1 Å². The maximum Gasteiger partial charge on any atom is 0.161 e. The van der Waals surface area contributed by atoms with E-state index in [1.807, 2.05) is 36.4 Å². The Kier molecular flexibility index (Phi) is 5.54. The molecule has 0 aliphatic heterocycles. The third-order valence-electron chi connectivity index (χ3n) is 4.84. The molecule has 0 saturated carbocycles. The predicted molar refractivity (Wildman–Crippen MR) is 122 cm³/mol. The minimum Gasteiger partial charge on any atom is -0.496 e. The number of para-hydroxylation sites is 1. The van der Waals surface area contributed by atoms with Crippen LogP contribution in [0.15, 0.2) is 66.7 Å². The number of benzene rings is 3. The van der Waals surface area contributed by atoms with E-state index in [1.54, 1.807) is 32.7 Å². The van der Waals surface area contributed by atoms with Crippen LogP contribution in [0.2, 0.25) is 0 Å². The Morgan fingerprint density at radius 3 is 2.21 bits per heavy atom. The van der Waals surface area contributed by atoms with Gasteiger partial charge in [-0.2, -0.15) is 0 Å². The van der Waals surface area contributed by atoms with E-state index in [4.69, 9.17) is 14.2 Å². The van der Waals surface area contributed by atoms with Gasteiger partial charge >= 0.3 is 0 Å². The van der Waals surface area contributed by atoms with Gasteiger partial charge in [0.25, 0.3) is 0 Å². The smallest absolute Gasteiger partial charge is 0.161 e. The van der Waals surface area contributed by atoms with Crippen LogP contribution in [-0.2, 0) is 0 Å². The maximum atomic E-state index is 5.62. The lowest BCUT2D eigenvalue weighted by atomic mass is 10.0. The van der Waals surface area contributed by atoms with Crippen molar-refractivity contribution in [2.24, 2.45) is 0 Å². The minimum atomic E-state index is 0.717. The highest BCUT2D eigenvalue weighted by atomic mass is 32.1. The molecule has 1 heterocycles. The van der Waals surface area contributed by atoms with Gasteiger partial charge in [0.2, 0.25) is 0 Å². The Hall–Kier alpha value is -3.24. The first-order valence-electron chi connectivity index (χ1n) is 9.30. The molecule has 4 aromatic rings. The lowest BCUT2D eigenvalue weighted by Gasteiger charge is -2.08. The Balaban J connectivity index is 1.84. The van der Waals surface area contributed by atoms with E-state index in [9.17, 15) is 0 Å². The molecule has 0 spiro atoms. The summed E-state index contributed by atoms with van der Waals surface area (Å²) >= 11 is 1.78. The molecule has 0 atom stereocenters. The number of rotatable bonds is 6. The van der Waals surface area contributed by atoms with Gasteiger partial charge in [-0.1, -0.05) is 48.6 Å². The first-order chi connectivity index (χ1) is 14.2. The zero-order chi connectivity index (χ0) is 20.2. The third-order valence-corrected chi connectivity index (χ3v) is 6.06. The number of methoxy groups -OCH3 is 3. The van der Waals surface area contributed by atoms with Crippen molar-refractivity contribution in [1.29, 1.82) is 0 Å². The predicted octanol–water partition coefficient (Wildman–Crippen LogP) is 6.76. The molecule has 0 aliphatic rings. The van der Waals surface area contributed by atoms with Gasteiger partial charge in [0.05, 0.1) is 21.3 Å². The van der Waals surface area contributed by atoms with Crippen molar-refractivity contribution >= 4 is 33.6 Å². The molecule has 0 bridgehead atoms. The topological polar surface area (TPSA) is 27.7 Å². The standard InChI is InChI=1S/C25H22O3S/c1-26-21-10-6-4-9-20(21)25-19(18-8-5-7-11-24(18)29-25)14-12-17-13-15-22(27-2)23(16-17)28-3/h4-16H,1-3H3/b14-12+. The zero-order valence-electron chi connectivity index (χ0n) is 16.6. The van der Waals surface area contributed by atoms with E-state index < -0.39 is 0 Å². The Bertz CT molecular complexity index is 1170. The molecule has 1 aromatic heterocycles. The average molecular weight is 403 g/mol. The summed E-state index contributed by atoms with van der Waals surface area (Å²) < 4.78 is 17.6. The van der Waals surface area contributed by atoms with Crippen LogP contribution in [0.25, 0.3) is 32.7 Å². The lowest BCUT2D eigenvalue weighted by molar-refractivity contribution is 0.355. The molecular formula is C25H22O3S. The van der Waals surface area contributed by atoms with Crippen LogP contribution in [0, 0.1) is 0 Å². The van der Waals surface area contributed by atoms with E-state index >= 15 is 0 Å². The summed E-state index contributed by atoms with van der Waals surface area (Å²) in [6, 6.07) is 22.6. The summed E-state index contributed by atoms with van der Waals surface area (Å²) in [5, 5.41) is 1.23. The number of fused-ring (bicyclic) bond motifs is 1. The van der Waals surface area contributed by atoms with Gasteiger partial charge in [-0.05, 0) is 35.9 Å². The summed E-state index contributed by atoms with van der Waals surface area (Å²) in [6.07, 6.45) is 4.28. The fourth-order valence-corrected chi connectivity index (χ4v) is 4.62. The molecule has 0 amide bonds. The molecule has 4 heteroatoms. The van der Waals surface area contributed by atoms with E-state index in [0.717, 1.165) is 28.4 Å². The highest BCUT2D eigenvalue weighted by Gasteiger charge is 2.15. The van der Waals surface area contributed by atoms with E-state index in [2.05, 4.69) is 42.5 Å². The Labute approximate surface area is 174 Å². The third kappa shape index (κ3) is 3.71. The average Bonchev–Trinajstić information content (AvgIpc) is 3.15. The summed E-state index contributed by atoms with van der Waals surface area (Å²) in [7, 11) is 5.01. The van der Waals surface area contributed by atoms with Crippen LogP contribution < -0.4 is 14.2 Å². The first kappa shape index (κ1) is 19.1. The zero-order valence-corrected chi connectivity index (χ0v) is 17.5. The van der Waals surface area contributed by atoms with Crippen molar-refractivity contribution in [2.45, 2.75) is 0 Å². The summed E-state index contributed by atoms with van der Waals surface area (Å²) in [6.45, 7) is 0. The summed E-state index contributed by atoms with van der Waals surface area (Å²) in [5.74, 6) is 2.31. The largest absolute Gasteiger partial charge is 0.496 e. The summed E-state index contributed by atoms with van der Waals surface area (Å²) in [4.78, 5) is 1.19. The molecule has 0 radical (unpaired) electrons. The molecule has 146 valence electrons. The van der Waals surface area contributed by atoms with Crippen LogP contribution in [0.5, 0.6) is 17.2 Å². The van der Waals surface area contributed by atoms with Crippen molar-refractivity contribution in [3.05, 3.63) is 77.9 Å². The molecule has 29 heavy (non-hydrogen) atoms. The fraction of sp³-hybridized carbons (Fsp3) is 0.120. The second kappa shape index (κ2) is 8.41. The van der Waals surface area contributed by atoms with Crippen LogP contribution in [0.4, 0.5) is 0 Å². The van der Waals surface area contributed by atoms with Crippen LogP contribution in [0.3, 0.4) is 0 Å². The summed E-state index contributed by atoms with van der Waals surface area (Å²) in [5.41, 5.74) is 3.33. The SMILES string of the molecule is COc1ccc(/C=C/c2c(-c3ccccc3OC)sc3ccccc23)cc1OC. The van der Waals surface area contributed by atoms with Gasteiger partial charge in [-0.25, -0.2) is 0 Å². The molecular weight excluding hydrogens is 380 g/mol. The quantitative estimate of drug-likeness (QED) is 0.356. The van der Waals surface area contributed by atoms with Crippen molar-refractivity contribution in [2.75, 3.05) is 21.3 Å². The van der Waals surface area contributed by atoms with Gasteiger partial charge in [0, 0.05) is 26.1 Å². The highest BCUT2D eigenvalue weighted by Crippen LogP contribution is 2.43. The van der Waals surface area contributed by atoms with Crippen LogP contribution in [-0.4, -0.2) is 21.3 Å².